The maximum atomic E-state index is 11.6. The molecular formula is C11H14OS. The fourth-order valence-corrected chi connectivity index (χ4v) is 3.04. The quantitative estimate of drug-likeness (QED) is 0.675. The van der Waals surface area contributed by atoms with Crippen molar-refractivity contribution in [1.82, 2.24) is 0 Å². The molecule has 0 aromatic carbocycles. The lowest BCUT2D eigenvalue weighted by molar-refractivity contribution is 0.0985. The van der Waals surface area contributed by atoms with Gasteiger partial charge in [0.1, 0.15) is 0 Å². The minimum absolute atomic E-state index is 0.335. The number of thiophene rings is 1. The average molecular weight is 194 g/mol. The third-order valence-corrected chi connectivity index (χ3v) is 3.78. The summed E-state index contributed by atoms with van der Waals surface area (Å²) in [5.74, 6) is 0.335. The molecule has 0 unspecified atom stereocenters. The van der Waals surface area contributed by atoms with Crippen LogP contribution in [0, 0.1) is 0 Å². The van der Waals surface area contributed by atoms with Crippen LogP contribution in [-0.2, 0) is 12.8 Å². The molecule has 0 bridgehead atoms. The molecule has 0 saturated heterocycles. The third-order valence-electron chi connectivity index (χ3n) is 2.50. The molecule has 1 aliphatic carbocycles. The fourth-order valence-electron chi connectivity index (χ4n) is 1.82. The molecular weight excluding hydrogens is 180 g/mol. The maximum Gasteiger partial charge on any atom is 0.172 e. The summed E-state index contributed by atoms with van der Waals surface area (Å²) in [7, 11) is 0. The molecule has 1 heterocycles. The summed E-state index contributed by atoms with van der Waals surface area (Å²) in [4.78, 5) is 14.0. The monoisotopic (exact) mass is 194 g/mol. The molecule has 0 fully saturated rings. The first-order valence-electron chi connectivity index (χ1n) is 4.96. The fraction of sp³-hybridized carbons (Fsp3) is 0.545. The Morgan fingerprint density at radius 2 is 2.38 bits per heavy atom. The summed E-state index contributed by atoms with van der Waals surface area (Å²) in [5, 5.41) is 0. The normalized spacial score (nSPS) is 14.5. The SMILES string of the molecule is CCCC(=O)c1cc2c(s1)CCC2. The second kappa shape index (κ2) is 3.62. The predicted octanol–water partition coefficient (Wildman–Crippen LogP) is 3.22. The van der Waals surface area contributed by atoms with E-state index in [1.54, 1.807) is 11.3 Å². The van der Waals surface area contributed by atoms with Gasteiger partial charge in [-0.05, 0) is 37.3 Å². The highest BCUT2D eigenvalue weighted by Crippen LogP contribution is 2.31. The number of carbonyl (C=O) groups excluding carboxylic acids is 1. The Morgan fingerprint density at radius 3 is 3.08 bits per heavy atom. The van der Waals surface area contributed by atoms with Crippen LogP contribution in [0.3, 0.4) is 0 Å². The molecule has 0 N–H and O–H groups in total. The lowest BCUT2D eigenvalue weighted by Gasteiger charge is -1.93. The van der Waals surface area contributed by atoms with Gasteiger partial charge >= 0.3 is 0 Å². The van der Waals surface area contributed by atoms with Gasteiger partial charge in [0.25, 0.3) is 0 Å². The van der Waals surface area contributed by atoms with Crippen LogP contribution < -0.4 is 0 Å². The first kappa shape index (κ1) is 8.95. The Bertz CT molecular complexity index is 303. The van der Waals surface area contributed by atoms with Crippen LogP contribution in [0.4, 0.5) is 0 Å². The van der Waals surface area contributed by atoms with E-state index in [9.17, 15) is 4.79 Å². The zero-order chi connectivity index (χ0) is 9.26. The van der Waals surface area contributed by atoms with Gasteiger partial charge in [-0.1, -0.05) is 6.92 Å². The Hall–Kier alpha value is -0.630. The first-order chi connectivity index (χ1) is 6.31. The summed E-state index contributed by atoms with van der Waals surface area (Å²) in [5.41, 5.74) is 1.43. The average Bonchev–Trinajstić information content (AvgIpc) is 2.61. The van der Waals surface area contributed by atoms with Gasteiger partial charge in [-0.2, -0.15) is 0 Å². The van der Waals surface area contributed by atoms with Crippen molar-refractivity contribution in [2.24, 2.45) is 0 Å². The predicted molar refractivity (Wildman–Crippen MR) is 55.6 cm³/mol. The van der Waals surface area contributed by atoms with Crippen molar-refractivity contribution in [3.05, 3.63) is 21.4 Å². The standard InChI is InChI=1S/C11H14OS/c1-2-4-9(12)11-7-8-5-3-6-10(8)13-11/h7H,2-6H2,1H3. The first-order valence-corrected chi connectivity index (χ1v) is 5.77. The van der Waals surface area contributed by atoms with Crippen molar-refractivity contribution in [3.63, 3.8) is 0 Å². The number of carbonyl (C=O) groups is 1. The summed E-state index contributed by atoms with van der Waals surface area (Å²) in [6, 6.07) is 2.12. The van der Waals surface area contributed by atoms with E-state index < -0.39 is 0 Å². The lowest BCUT2D eigenvalue weighted by Crippen LogP contribution is -1.93. The van der Waals surface area contributed by atoms with Crippen molar-refractivity contribution >= 4 is 17.1 Å². The minimum Gasteiger partial charge on any atom is -0.293 e. The molecule has 13 heavy (non-hydrogen) atoms. The summed E-state index contributed by atoms with van der Waals surface area (Å²) >= 11 is 1.72. The zero-order valence-electron chi connectivity index (χ0n) is 7.93. The number of fused-ring (bicyclic) bond motifs is 1. The molecule has 2 rings (SSSR count). The van der Waals surface area contributed by atoms with Crippen LogP contribution in [0.2, 0.25) is 0 Å². The van der Waals surface area contributed by atoms with E-state index in [4.69, 9.17) is 0 Å². The second-order valence-corrected chi connectivity index (χ2v) is 4.72. The summed E-state index contributed by atoms with van der Waals surface area (Å²) in [6.07, 6.45) is 5.33. The van der Waals surface area contributed by atoms with Crippen LogP contribution in [-0.4, -0.2) is 5.78 Å². The largest absolute Gasteiger partial charge is 0.293 e. The molecule has 0 spiro atoms. The number of Topliss-reactive ketones (excluding diaryl/α,β-unsaturated/α-hetero) is 1. The van der Waals surface area contributed by atoms with E-state index in [0.29, 0.717) is 12.2 Å². The van der Waals surface area contributed by atoms with Gasteiger partial charge in [-0.15, -0.1) is 11.3 Å². The Morgan fingerprint density at radius 1 is 1.54 bits per heavy atom. The van der Waals surface area contributed by atoms with E-state index in [1.165, 1.54) is 29.7 Å². The molecule has 0 radical (unpaired) electrons. The summed E-state index contributed by atoms with van der Waals surface area (Å²) in [6.45, 7) is 2.05. The van der Waals surface area contributed by atoms with Gasteiger partial charge in [-0.25, -0.2) is 0 Å². The van der Waals surface area contributed by atoms with Crippen molar-refractivity contribution in [3.8, 4) is 0 Å². The number of hydrogen-bond donors (Lipinski definition) is 0. The Kier molecular flexibility index (Phi) is 2.49. The van der Waals surface area contributed by atoms with Crippen molar-refractivity contribution < 1.29 is 4.79 Å². The number of ketones is 1. The van der Waals surface area contributed by atoms with Crippen LogP contribution in [0.15, 0.2) is 6.07 Å². The molecule has 1 aromatic heterocycles. The van der Waals surface area contributed by atoms with E-state index in [-0.39, 0.29) is 0 Å². The highest BCUT2D eigenvalue weighted by molar-refractivity contribution is 7.14. The van der Waals surface area contributed by atoms with Gasteiger partial charge in [0.2, 0.25) is 0 Å². The molecule has 0 saturated carbocycles. The number of rotatable bonds is 3. The van der Waals surface area contributed by atoms with Crippen molar-refractivity contribution in [2.75, 3.05) is 0 Å². The lowest BCUT2D eigenvalue weighted by atomic mass is 10.2. The van der Waals surface area contributed by atoms with E-state index >= 15 is 0 Å². The highest BCUT2D eigenvalue weighted by Gasteiger charge is 2.17. The minimum atomic E-state index is 0.335. The van der Waals surface area contributed by atoms with Gasteiger partial charge in [0.15, 0.2) is 5.78 Å². The number of aryl methyl sites for hydroxylation is 2. The molecule has 70 valence electrons. The van der Waals surface area contributed by atoms with Gasteiger partial charge in [0.05, 0.1) is 4.88 Å². The molecule has 1 nitrogen and oxygen atoms in total. The van der Waals surface area contributed by atoms with Gasteiger partial charge in [0, 0.05) is 11.3 Å². The third kappa shape index (κ3) is 1.68. The Labute approximate surface area is 82.8 Å². The molecule has 0 atom stereocenters. The zero-order valence-corrected chi connectivity index (χ0v) is 8.75. The van der Waals surface area contributed by atoms with E-state index in [1.807, 2.05) is 0 Å². The topological polar surface area (TPSA) is 17.1 Å². The molecule has 1 aromatic rings. The van der Waals surface area contributed by atoms with Gasteiger partial charge in [-0.3, -0.25) is 4.79 Å². The molecule has 1 aliphatic rings. The second-order valence-electron chi connectivity index (χ2n) is 3.59. The van der Waals surface area contributed by atoms with Crippen LogP contribution in [0.1, 0.15) is 46.3 Å². The smallest absolute Gasteiger partial charge is 0.172 e. The molecule has 0 aliphatic heterocycles. The maximum absolute atomic E-state index is 11.6. The molecule has 2 heteroatoms. The van der Waals surface area contributed by atoms with E-state index in [0.717, 1.165) is 11.3 Å². The van der Waals surface area contributed by atoms with E-state index in [2.05, 4.69) is 13.0 Å². The van der Waals surface area contributed by atoms with Crippen LogP contribution in [0.5, 0.6) is 0 Å². The van der Waals surface area contributed by atoms with Crippen molar-refractivity contribution in [1.29, 1.82) is 0 Å². The molecule has 0 amide bonds. The van der Waals surface area contributed by atoms with Crippen molar-refractivity contribution in [2.45, 2.75) is 39.0 Å². The Balaban J connectivity index is 2.18. The highest BCUT2D eigenvalue weighted by atomic mass is 32.1. The number of hydrogen-bond acceptors (Lipinski definition) is 2. The van der Waals surface area contributed by atoms with Crippen LogP contribution in [0.25, 0.3) is 0 Å². The van der Waals surface area contributed by atoms with Crippen LogP contribution >= 0.6 is 11.3 Å². The summed E-state index contributed by atoms with van der Waals surface area (Å²) < 4.78 is 0. The van der Waals surface area contributed by atoms with Gasteiger partial charge < -0.3 is 0 Å².